The van der Waals surface area contributed by atoms with Crippen molar-refractivity contribution in [3.05, 3.63) is 34.6 Å². The summed E-state index contributed by atoms with van der Waals surface area (Å²) in [4.78, 5) is 0. The zero-order chi connectivity index (χ0) is 11.5. The van der Waals surface area contributed by atoms with Crippen molar-refractivity contribution in [2.75, 3.05) is 6.54 Å². The lowest BCUT2D eigenvalue weighted by atomic mass is 10.1. The maximum absolute atomic E-state index is 13.4. The van der Waals surface area contributed by atoms with E-state index in [4.69, 9.17) is 0 Å². The van der Waals surface area contributed by atoms with Crippen molar-refractivity contribution in [3.63, 3.8) is 0 Å². The Bertz CT molecular complexity index is 346. The summed E-state index contributed by atoms with van der Waals surface area (Å²) in [5.74, 6) is 0.908. The molecule has 1 nitrogen and oxygen atoms in total. The van der Waals surface area contributed by atoms with Crippen LogP contribution in [-0.4, -0.2) is 6.54 Å². The van der Waals surface area contributed by atoms with Crippen LogP contribution in [0.4, 0.5) is 4.39 Å². The molecule has 0 atom stereocenters. The summed E-state index contributed by atoms with van der Waals surface area (Å²) in [6.45, 7) is 5.60. The molecular weight excluding hydrogens is 201 g/mol. The van der Waals surface area contributed by atoms with Crippen LogP contribution in [-0.2, 0) is 6.54 Å². The molecule has 0 aliphatic heterocycles. The first-order valence-corrected chi connectivity index (χ1v) is 6.13. The van der Waals surface area contributed by atoms with Gasteiger partial charge in [-0.25, -0.2) is 4.39 Å². The molecule has 0 spiro atoms. The maximum atomic E-state index is 13.4. The molecule has 1 N–H and O–H groups in total. The highest BCUT2D eigenvalue weighted by molar-refractivity contribution is 5.30. The van der Waals surface area contributed by atoms with Crippen LogP contribution in [0.3, 0.4) is 0 Å². The number of nitrogens with one attached hydrogen (secondary N) is 1. The summed E-state index contributed by atoms with van der Waals surface area (Å²) in [6, 6.07) is 3.87. The van der Waals surface area contributed by atoms with Crippen LogP contribution in [0.15, 0.2) is 12.1 Å². The lowest BCUT2D eigenvalue weighted by molar-refractivity contribution is 0.599. The zero-order valence-electron chi connectivity index (χ0n) is 10.1. The average molecular weight is 221 g/mol. The van der Waals surface area contributed by atoms with Crippen LogP contribution >= 0.6 is 0 Å². The van der Waals surface area contributed by atoms with Crippen molar-refractivity contribution in [3.8, 4) is 0 Å². The Kier molecular flexibility index (Phi) is 3.59. The average Bonchev–Trinajstić information content (AvgIpc) is 3.04. The van der Waals surface area contributed by atoms with E-state index in [-0.39, 0.29) is 5.82 Å². The first-order valence-electron chi connectivity index (χ1n) is 6.13. The van der Waals surface area contributed by atoms with Gasteiger partial charge >= 0.3 is 0 Å². The minimum Gasteiger partial charge on any atom is -0.313 e. The third-order valence-electron chi connectivity index (χ3n) is 3.25. The van der Waals surface area contributed by atoms with Gasteiger partial charge < -0.3 is 5.32 Å². The minimum absolute atomic E-state index is 0.0678. The topological polar surface area (TPSA) is 12.0 Å². The molecule has 2 rings (SSSR count). The SMILES string of the molecule is Cc1cc(CNCCC2CC2)cc(C)c1F. The van der Waals surface area contributed by atoms with Crippen LogP contribution < -0.4 is 5.32 Å². The van der Waals surface area contributed by atoms with E-state index in [0.717, 1.165) is 30.1 Å². The summed E-state index contributed by atoms with van der Waals surface area (Å²) in [7, 11) is 0. The van der Waals surface area contributed by atoms with Gasteiger partial charge in [0, 0.05) is 6.54 Å². The Morgan fingerprint density at radius 1 is 1.25 bits per heavy atom. The standard InChI is InChI=1S/C14H20FN/c1-10-7-13(8-11(2)14(10)15)9-16-6-5-12-3-4-12/h7-8,12,16H,3-6,9H2,1-2H3. The lowest BCUT2D eigenvalue weighted by Crippen LogP contribution is -2.15. The van der Waals surface area contributed by atoms with Crippen LogP contribution in [0.2, 0.25) is 0 Å². The summed E-state index contributed by atoms with van der Waals surface area (Å²) in [6.07, 6.45) is 4.12. The van der Waals surface area contributed by atoms with Crippen LogP contribution in [0, 0.1) is 25.6 Å². The van der Waals surface area contributed by atoms with Gasteiger partial charge in [-0.15, -0.1) is 0 Å². The van der Waals surface area contributed by atoms with E-state index in [1.165, 1.54) is 24.8 Å². The van der Waals surface area contributed by atoms with Gasteiger partial charge in [0.15, 0.2) is 0 Å². The first-order chi connectivity index (χ1) is 7.66. The molecule has 0 heterocycles. The molecule has 16 heavy (non-hydrogen) atoms. The van der Waals surface area contributed by atoms with Crippen LogP contribution in [0.1, 0.15) is 36.0 Å². The van der Waals surface area contributed by atoms with Gasteiger partial charge in [0.2, 0.25) is 0 Å². The highest BCUT2D eigenvalue weighted by Crippen LogP contribution is 2.31. The summed E-state index contributed by atoms with van der Waals surface area (Å²) in [5, 5.41) is 3.42. The Hall–Kier alpha value is -0.890. The molecule has 1 aliphatic carbocycles. The zero-order valence-corrected chi connectivity index (χ0v) is 10.1. The fraction of sp³-hybridized carbons (Fsp3) is 0.571. The van der Waals surface area contributed by atoms with Crippen molar-refractivity contribution in [2.24, 2.45) is 5.92 Å². The molecule has 0 amide bonds. The summed E-state index contributed by atoms with van der Waals surface area (Å²) < 4.78 is 13.4. The van der Waals surface area contributed by atoms with Gasteiger partial charge in [0.25, 0.3) is 0 Å². The molecule has 1 fully saturated rings. The third-order valence-corrected chi connectivity index (χ3v) is 3.25. The number of hydrogen-bond acceptors (Lipinski definition) is 1. The van der Waals surface area contributed by atoms with Crippen molar-refractivity contribution >= 4 is 0 Å². The summed E-state index contributed by atoms with van der Waals surface area (Å²) in [5.41, 5.74) is 2.69. The van der Waals surface area contributed by atoms with Crippen molar-refractivity contribution < 1.29 is 4.39 Å². The number of rotatable bonds is 5. The van der Waals surface area contributed by atoms with E-state index in [1.54, 1.807) is 0 Å². The quantitative estimate of drug-likeness (QED) is 0.752. The molecule has 1 saturated carbocycles. The molecule has 0 saturated heterocycles. The second kappa shape index (κ2) is 4.96. The number of aryl methyl sites for hydroxylation is 2. The molecule has 0 radical (unpaired) electrons. The van der Waals surface area contributed by atoms with Gasteiger partial charge in [-0.05, 0) is 49.4 Å². The van der Waals surface area contributed by atoms with Crippen molar-refractivity contribution in [1.29, 1.82) is 0 Å². The second-order valence-corrected chi connectivity index (χ2v) is 4.95. The fourth-order valence-electron chi connectivity index (χ4n) is 2.08. The number of benzene rings is 1. The van der Waals surface area contributed by atoms with E-state index in [0.29, 0.717) is 0 Å². The van der Waals surface area contributed by atoms with E-state index in [9.17, 15) is 4.39 Å². The fourth-order valence-corrected chi connectivity index (χ4v) is 2.08. The highest BCUT2D eigenvalue weighted by Gasteiger charge is 2.19. The number of hydrogen-bond donors (Lipinski definition) is 1. The monoisotopic (exact) mass is 221 g/mol. The van der Waals surface area contributed by atoms with Gasteiger partial charge in [-0.2, -0.15) is 0 Å². The number of halogens is 1. The Labute approximate surface area is 97.1 Å². The predicted octanol–water partition coefficient (Wildman–Crippen LogP) is 3.33. The molecule has 1 aromatic carbocycles. The van der Waals surface area contributed by atoms with Crippen LogP contribution in [0.25, 0.3) is 0 Å². The molecule has 1 aliphatic rings. The normalized spacial score (nSPS) is 15.4. The molecule has 1 aromatic rings. The minimum atomic E-state index is -0.0678. The van der Waals surface area contributed by atoms with Crippen LogP contribution in [0.5, 0.6) is 0 Å². The smallest absolute Gasteiger partial charge is 0.129 e. The first kappa shape index (κ1) is 11.6. The van der Waals surface area contributed by atoms with E-state index in [1.807, 2.05) is 26.0 Å². The molecule has 0 unspecified atom stereocenters. The maximum Gasteiger partial charge on any atom is 0.129 e. The largest absolute Gasteiger partial charge is 0.313 e. The van der Waals surface area contributed by atoms with Gasteiger partial charge in [0.05, 0.1) is 0 Å². The van der Waals surface area contributed by atoms with Gasteiger partial charge in [0.1, 0.15) is 5.82 Å². The molecular formula is C14H20FN. The summed E-state index contributed by atoms with van der Waals surface area (Å²) >= 11 is 0. The van der Waals surface area contributed by atoms with Crippen molar-refractivity contribution in [2.45, 2.75) is 39.7 Å². The van der Waals surface area contributed by atoms with E-state index in [2.05, 4.69) is 5.32 Å². The molecule has 2 heteroatoms. The molecule has 88 valence electrons. The van der Waals surface area contributed by atoms with E-state index >= 15 is 0 Å². The Morgan fingerprint density at radius 2 is 1.88 bits per heavy atom. The molecule has 0 bridgehead atoms. The van der Waals surface area contributed by atoms with Crippen molar-refractivity contribution in [1.82, 2.24) is 5.32 Å². The lowest BCUT2D eigenvalue weighted by Gasteiger charge is -2.08. The van der Waals surface area contributed by atoms with Gasteiger partial charge in [-0.1, -0.05) is 25.0 Å². The van der Waals surface area contributed by atoms with E-state index < -0.39 is 0 Å². The third kappa shape index (κ3) is 3.05. The predicted molar refractivity (Wildman–Crippen MR) is 64.9 cm³/mol. The second-order valence-electron chi connectivity index (χ2n) is 4.95. The highest BCUT2D eigenvalue weighted by atomic mass is 19.1. The molecule has 0 aromatic heterocycles. The van der Waals surface area contributed by atoms with Gasteiger partial charge in [-0.3, -0.25) is 0 Å². The Morgan fingerprint density at radius 3 is 2.44 bits per heavy atom. The Balaban J connectivity index is 1.83.